The van der Waals surface area contributed by atoms with Crippen LogP contribution in [0.4, 0.5) is 0 Å². The van der Waals surface area contributed by atoms with E-state index in [2.05, 4.69) is 12.2 Å². The summed E-state index contributed by atoms with van der Waals surface area (Å²) >= 11 is 0. The number of benzene rings is 1. The molecule has 0 aromatic heterocycles. The van der Waals surface area contributed by atoms with Crippen LogP contribution in [-0.4, -0.2) is 31.7 Å². The Morgan fingerprint density at radius 1 is 1.43 bits per heavy atom. The van der Waals surface area contributed by atoms with Crippen molar-refractivity contribution in [1.82, 2.24) is 5.32 Å². The molecule has 0 heterocycles. The first-order valence-electron chi connectivity index (χ1n) is 7.47. The molecule has 1 fully saturated rings. The summed E-state index contributed by atoms with van der Waals surface area (Å²) in [5.41, 5.74) is 7.06. The minimum atomic E-state index is -0.0878. The van der Waals surface area contributed by atoms with Crippen molar-refractivity contribution in [3.8, 4) is 11.5 Å². The maximum atomic E-state index is 11.7. The largest absolute Gasteiger partial charge is 0.493 e. The van der Waals surface area contributed by atoms with Crippen molar-refractivity contribution in [2.24, 2.45) is 5.73 Å². The fourth-order valence-corrected chi connectivity index (χ4v) is 2.05. The molecule has 1 saturated carbocycles. The summed E-state index contributed by atoms with van der Waals surface area (Å²) in [7, 11) is 1.59. The van der Waals surface area contributed by atoms with E-state index in [1.807, 2.05) is 18.2 Å². The zero-order chi connectivity index (χ0) is 15.2. The van der Waals surface area contributed by atoms with Gasteiger partial charge in [-0.25, -0.2) is 0 Å². The molecule has 1 aliphatic rings. The van der Waals surface area contributed by atoms with E-state index in [-0.39, 0.29) is 18.6 Å². The Labute approximate surface area is 125 Å². The summed E-state index contributed by atoms with van der Waals surface area (Å²) in [6.07, 6.45) is 3.84. The van der Waals surface area contributed by atoms with Crippen LogP contribution < -0.4 is 20.5 Å². The number of rotatable bonds is 8. The minimum Gasteiger partial charge on any atom is -0.493 e. The molecule has 1 amide bonds. The van der Waals surface area contributed by atoms with Gasteiger partial charge in [-0.3, -0.25) is 4.79 Å². The third-order valence-electron chi connectivity index (χ3n) is 3.55. The normalized spacial score (nSPS) is 15.4. The summed E-state index contributed by atoms with van der Waals surface area (Å²) in [6.45, 7) is 2.07. The molecule has 1 atom stereocenters. The number of ether oxygens (including phenoxy) is 2. The number of carbonyl (C=O) groups is 1. The Balaban J connectivity index is 1.97. The van der Waals surface area contributed by atoms with Gasteiger partial charge in [-0.05, 0) is 43.4 Å². The topological polar surface area (TPSA) is 73.6 Å². The summed E-state index contributed by atoms with van der Waals surface area (Å²) in [6, 6.07) is 6.21. The van der Waals surface area contributed by atoms with E-state index in [0.717, 1.165) is 31.2 Å². The van der Waals surface area contributed by atoms with E-state index < -0.39 is 0 Å². The summed E-state index contributed by atoms with van der Waals surface area (Å²) in [5, 5.41) is 2.89. The van der Waals surface area contributed by atoms with E-state index in [1.165, 1.54) is 0 Å². The molecule has 2 rings (SSSR count). The van der Waals surface area contributed by atoms with Gasteiger partial charge in [-0.1, -0.05) is 13.0 Å². The van der Waals surface area contributed by atoms with Gasteiger partial charge in [-0.2, -0.15) is 0 Å². The monoisotopic (exact) mass is 292 g/mol. The molecule has 0 spiro atoms. The van der Waals surface area contributed by atoms with Crippen molar-refractivity contribution >= 4 is 5.91 Å². The maximum Gasteiger partial charge on any atom is 0.258 e. The SMILES string of the molecule is CCC(N)Cc1ccc(OC)c(OCC(=O)NC2CC2)c1. The zero-order valence-electron chi connectivity index (χ0n) is 12.7. The van der Waals surface area contributed by atoms with Crippen LogP contribution in [0.25, 0.3) is 0 Å². The third-order valence-corrected chi connectivity index (χ3v) is 3.55. The van der Waals surface area contributed by atoms with Crippen molar-refractivity contribution in [1.29, 1.82) is 0 Å². The number of amides is 1. The third kappa shape index (κ3) is 4.93. The summed E-state index contributed by atoms with van der Waals surface area (Å²) in [5.74, 6) is 1.13. The van der Waals surface area contributed by atoms with Crippen LogP contribution in [-0.2, 0) is 11.2 Å². The highest BCUT2D eigenvalue weighted by Gasteiger charge is 2.23. The van der Waals surface area contributed by atoms with Crippen LogP contribution in [0, 0.1) is 0 Å². The number of nitrogens with two attached hydrogens (primary N) is 1. The maximum absolute atomic E-state index is 11.7. The first-order chi connectivity index (χ1) is 10.1. The van der Waals surface area contributed by atoms with Gasteiger partial charge in [-0.15, -0.1) is 0 Å². The smallest absolute Gasteiger partial charge is 0.258 e. The van der Waals surface area contributed by atoms with Gasteiger partial charge >= 0.3 is 0 Å². The number of hydrogen-bond acceptors (Lipinski definition) is 4. The Hall–Kier alpha value is -1.75. The van der Waals surface area contributed by atoms with Gasteiger partial charge in [0, 0.05) is 12.1 Å². The average molecular weight is 292 g/mol. The van der Waals surface area contributed by atoms with E-state index in [9.17, 15) is 4.79 Å². The number of methoxy groups -OCH3 is 1. The van der Waals surface area contributed by atoms with Gasteiger partial charge in [0.15, 0.2) is 18.1 Å². The lowest BCUT2D eigenvalue weighted by Crippen LogP contribution is -2.30. The number of hydrogen-bond donors (Lipinski definition) is 2. The van der Waals surface area contributed by atoms with Crippen LogP contribution in [0.5, 0.6) is 11.5 Å². The quantitative estimate of drug-likeness (QED) is 0.764. The molecule has 0 radical (unpaired) electrons. The van der Waals surface area contributed by atoms with Gasteiger partial charge < -0.3 is 20.5 Å². The van der Waals surface area contributed by atoms with Gasteiger partial charge in [0.2, 0.25) is 0 Å². The van der Waals surface area contributed by atoms with Gasteiger partial charge in [0.05, 0.1) is 7.11 Å². The van der Waals surface area contributed by atoms with Gasteiger partial charge in [0.1, 0.15) is 0 Å². The van der Waals surface area contributed by atoms with Crippen molar-refractivity contribution in [2.45, 2.75) is 44.7 Å². The highest BCUT2D eigenvalue weighted by molar-refractivity contribution is 5.78. The van der Waals surface area contributed by atoms with Crippen LogP contribution in [0.15, 0.2) is 18.2 Å². The molecule has 0 bridgehead atoms. The van der Waals surface area contributed by atoms with Crippen LogP contribution in [0.2, 0.25) is 0 Å². The summed E-state index contributed by atoms with van der Waals surface area (Å²) < 4.78 is 10.9. The molecule has 3 N–H and O–H groups in total. The number of nitrogens with one attached hydrogen (secondary N) is 1. The highest BCUT2D eigenvalue weighted by atomic mass is 16.5. The van der Waals surface area contributed by atoms with E-state index in [4.69, 9.17) is 15.2 Å². The molecule has 1 aromatic carbocycles. The highest BCUT2D eigenvalue weighted by Crippen LogP contribution is 2.28. The predicted octanol–water partition coefficient (Wildman–Crippen LogP) is 1.63. The first kappa shape index (κ1) is 15.6. The fraction of sp³-hybridized carbons (Fsp3) is 0.562. The van der Waals surface area contributed by atoms with Crippen molar-refractivity contribution in [3.05, 3.63) is 23.8 Å². The van der Waals surface area contributed by atoms with Crippen LogP contribution >= 0.6 is 0 Å². The predicted molar refractivity (Wildman–Crippen MR) is 81.6 cm³/mol. The molecule has 1 aromatic rings. The van der Waals surface area contributed by atoms with E-state index in [1.54, 1.807) is 7.11 Å². The zero-order valence-corrected chi connectivity index (χ0v) is 12.7. The molecule has 5 nitrogen and oxygen atoms in total. The molecule has 1 unspecified atom stereocenters. The second-order valence-corrected chi connectivity index (χ2v) is 5.49. The molecular weight excluding hydrogens is 268 g/mol. The van der Waals surface area contributed by atoms with Crippen molar-refractivity contribution in [2.75, 3.05) is 13.7 Å². The standard InChI is InChI=1S/C16H24N2O3/c1-3-12(17)8-11-4-7-14(20-2)15(9-11)21-10-16(19)18-13-5-6-13/h4,7,9,12-13H,3,5-6,8,10,17H2,1-2H3,(H,18,19). The first-order valence-corrected chi connectivity index (χ1v) is 7.47. The van der Waals surface area contributed by atoms with Gasteiger partial charge in [0.25, 0.3) is 5.91 Å². The van der Waals surface area contributed by atoms with Crippen molar-refractivity contribution in [3.63, 3.8) is 0 Å². The molecule has 21 heavy (non-hydrogen) atoms. The molecule has 0 saturated heterocycles. The minimum absolute atomic E-state index is 0.0101. The van der Waals surface area contributed by atoms with Crippen LogP contribution in [0.1, 0.15) is 31.7 Å². The van der Waals surface area contributed by atoms with E-state index in [0.29, 0.717) is 17.5 Å². The van der Waals surface area contributed by atoms with Crippen LogP contribution in [0.3, 0.4) is 0 Å². The molecular formula is C16H24N2O3. The average Bonchev–Trinajstić information content (AvgIpc) is 3.29. The summed E-state index contributed by atoms with van der Waals surface area (Å²) in [4.78, 5) is 11.7. The lowest BCUT2D eigenvalue weighted by atomic mass is 10.0. The fourth-order valence-electron chi connectivity index (χ4n) is 2.05. The molecule has 0 aliphatic heterocycles. The Kier molecular flexibility index (Phi) is 5.44. The second kappa shape index (κ2) is 7.31. The second-order valence-electron chi connectivity index (χ2n) is 5.49. The molecule has 1 aliphatic carbocycles. The lowest BCUT2D eigenvalue weighted by Gasteiger charge is -2.14. The Morgan fingerprint density at radius 3 is 2.81 bits per heavy atom. The Bertz CT molecular complexity index is 486. The number of carbonyl (C=O) groups excluding carboxylic acids is 1. The lowest BCUT2D eigenvalue weighted by molar-refractivity contribution is -0.123. The van der Waals surface area contributed by atoms with Crippen molar-refractivity contribution < 1.29 is 14.3 Å². The Morgan fingerprint density at radius 2 is 2.19 bits per heavy atom. The molecule has 116 valence electrons. The van der Waals surface area contributed by atoms with E-state index >= 15 is 0 Å². The molecule has 5 heteroatoms.